The molecule has 4 rings (SSSR count). The Morgan fingerprint density at radius 2 is 1.97 bits per heavy atom. The lowest BCUT2D eigenvalue weighted by Crippen LogP contribution is -2.39. The molecule has 0 aromatic carbocycles. The highest BCUT2D eigenvalue weighted by Crippen LogP contribution is 2.28. The maximum Gasteiger partial charge on any atom is 0.228 e. The monoisotopic (exact) mass is 392 g/mol. The van der Waals surface area contributed by atoms with Gasteiger partial charge in [-0.15, -0.1) is 0 Å². The van der Waals surface area contributed by atoms with Crippen LogP contribution in [0.3, 0.4) is 0 Å². The Bertz CT molecular complexity index is 1010. The highest BCUT2D eigenvalue weighted by atomic mass is 16.5. The SMILES string of the molecule is Cc1cc(NC(=O)C2CCN(c3nc(-c4ccccn4)nc(C)c3C)CC2)no1. The molecule has 0 unspecified atom stereocenters. The number of anilines is 2. The van der Waals surface area contributed by atoms with E-state index in [-0.39, 0.29) is 11.8 Å². The summed E-state index contributed by atoms with van der Waals surface area (Å²) in [6.45, 7) is 7.35. The summed E-state index contributed by atoms with van der Waals surface area (Å²) in [7, 11) is 0. The lowest BCUT2D eigenvalue weighted by Gasteiger charge is -2.33. The van der Waals surface area contributed by atoms with Gasteiger partial charge in [0.05, 0.1) is 0 Å². The minimum atomic E-state index is -0.0539. The van der Waals surface area contributed by atoms with Crippen molar-refractivity contribution in [2.45, 2.75) is 33.6 Å². The van der Waals surface area contributed by atoms with E-state index >= 15 is 0 Å². The number of hydrogen-bond donors (Lipinski definition) is 1. The number of carbonyl (C=O) groups excluding carboxylic acids is 1. The minimum Gasteiger partial charge on any atom is -0.360 e. The second-order valence-corrected chi connectivity index (χ2v) is 7.37. The molecule has 0 saturated carbocycles. The number of pyridine rings is 1. The number of rotatable bonds is 4. The number of piperidine rings is 1. The molecule has 1 fully saturated rings. The fourth-order valence-electron chi connectivity index (χ4n) is 3.54. The first kappa shape index (κ1) is 19.0. The van der Waals surface area contributed by atoms with Crippen LogP contribution >= 0.6 is 0 Å². The molecule has 150 valence electrons. The van der Waals surface area contributed by atoms with Crippen molar-refractivity contribution in [1.82, 2.24) is 20.1 Å². The zero-order chi connectivity index (χ0) is 20.4. The number of nitrogens with zero attached hydrogens (tertiary/aromatic N) is 5. The average Bonchev–Trinajstić information content (AvgIpc) is 3.15. The topological polar surface area (TPSA) is 97.0 Å². The third-order valence-corrected chi connectivity index (χ3v) is 5.30. The van der Waals surface area contributed by atoms with E-state index in [4.69, 9.17) is 9.51 Å². The second kappa shape index (κ2) is 7.98. The van der Waals surface area contributed by atoms with E-state index in [9.17, 15) is 4.79 Å². The van der Waals surface area contributed by atoms with Crippen LogP contribution in [0.25, 0.3) is 11.5 Å². The highest BCUT2D eigenvalue weighted by Gasteiger charge is 2.27. The van der Waals surface area contributed by atoms with Gasteiger partial charge in [-0.25, -0.2) is 9.97 Å². The van der Waals surface area contributed by atoms with Gasteiger partial charge in [0.1, 0.15) is 17.3 Å². The Labute approximate surface area is 169 Å². The molecular formula is C21H24N6O2. The molecule has 1 N–H and O–H groups in total. The van der Waals surface area contributed by atoms with Crippen molar-refractivity contribution in [3.63, 3.8) is 0 Å². The third kappa shape index (κ3) is 4.11. The van der Waals surface area contributed by atoms with Crippen molar-refractivity contribution >= 4 is 17.5 Å². The molecule has 0 bridgehead atoms. The van der Waals surface area contributed by atoms with Crippen LogP contribution in [-0.4, -0.2) is 39.1 Å². The Morgan fingerprint density at radius 1 is 1.17 bits per heavy atom. The van der Waals surface area contributed by atoms with Crippen molar-refractivity contribution in [2.24, 2.45) is 5.92 Å². The maximum atomic E-state index is 12.5. The largest absolute Gasteiger partial charge is 0.360 e. The number of hydrogen-bond acceptors (Lipinski definition) is 7. The Kier molecular flexibility index (Phi) is 5.24. The molecule has 0 atom stereocenters. The van der Waals surface area contributed by atoms with Crippen LogP contribution in [0.4, 0.5) is 11.6 Å². The van der Waals surface area contributed by atoms with Crippen LogP contribution in [0.2, 0.25) is 0 Å². The number of aromatic nitrogens is 4. The van der Waals surface area contributed by atoms with Crippen LogP contribution < -0.4 is 10.2 Å². The summed E-state index contributed by atoms with van der Waals surface area (Å²) >= 11 is 0. The normalized spacial score (nSPS) is 14.8. The number of nitrogens with one attached hydrogen (secondary N) is 1. The van der Waals surface area contributed by atoms with Gasteiger partial charge in [-0.2, -0.15) is 0 Å². The molecule has 0 spiro atoms. The van der Waals surface area contributed by atoms with Gasteiger partial charge < -0.3 is 14.7 Å². The van der Waals surface area contributed by atoms with Gasteiger partial charge in [-0.1, -0.05) is 11.2 Å². The fraction of sp³-hybridized carbons (Fsp3) is 0.381. The zero-order valence-corrected chi connectivity index (χ0v) is 16.8. The molecule has 8 heteroatoms. The molecule has 29 heavy (non-hydrogen) atoms. The van der Waals surface area contributed by atoms with E-state index in [0.717, 1.165) is 48.7 Å². The molecule has 3 aromatic rings. The van der Waals surface area contributed by atoms with Crippen LogP contribution in [0.1, 0.15) is 29.9 Å². The first-order valence-electron chi connectivity index (χ1n) is 9.77. The molecule has 0 aliphatic carbocycles. The maximum absolute atomic E-state index is 12.5. The summed E-state index contributed by atoms with van der Waals surface area (Å²) in [5.74, 6) is 2.63. The molecule has 4 heterocycles. The predicted molar refractivity (Wildman–Crippen MR) is 110 cm³/mol. The van der Waals surface area contributed by atoms with Gasteiger partial charge in [0.15, 0.2) is 11.6 Å². The molecular weight excluding hydrogens is 368 g/mol. The summed E-state index contributed by atoms with van der Waals surface area (Å²) in [6, 6.07) is 7.44. The zero-order valence-electron chi connectivity index (χ0n) is 16.8. The Hall–Kier alpha value is -3.29. The van der Waals surface area contributed by atoms with Crippen molar-refractivity contribution in [3.8, 4) is 11.5 Å². The quantitative estimate of drug-likeness (QED) is 0.727. The van der Waals surface area contributed by atoms with E-state index in [0.29, 0.717) is 17.4 Å². The van der Waals surface area contributed by atoms with Crippen LogP contribution in [0, 0.1) is 26.7 Å². The average molecular weight is 392 g/mol. The van der Waals surface area contributed by atoms with Crippen LogP contribution in [0.5, 0.6) is 0 Å². The smallest absolute Gasteiger partial charge is 0.228 e. The summed E-state index contributed by atoms with van der Waals surface area (Å²) in [5.41, 5.74) is 2.76. The Morgan fingerprint density at radius 3 is 2.62 bits per heavy atom. The molecule has 3 aromatic heterocycles. The van der Waals surface area contributed by atoms with Gasteiger partial charge in [-0.05, 0) is 45.7 Å². The minimum absolute atomic E-state index is 0.0114. The highest BCUT2D eigenvalue weighted by molar-refractivity contribution is 5.91. The van der Waals surface area contributed by atoms with Crippen LogP contribution in [0.15, 0.2) is 35.0 Å². The number of aryl methyl sites for hydroxylation is 2. The van der Waals surface area contributed by atoms with Crippen molar-refractivity contribution in [2.75, 3.05) is 23.3 Å². The van der Waals surface area contributed by atoms with Gasteiger partial charge in [0.2, 0.25) is 5.91 Å². The van der Waals surface area contributed by atoms with Crippen molar-refractivity contribution in [1.29, 1.82) is 0 Å². The van der Waals surface area contributed by atoms with Crippen LogP contribution in [-0.2, 0) is 4.79 Å². The van der Waals surface area contributed by atoms with Crippen molar-refractivity contribution < 1.29 is 9.32 Å². The first-order valence-corrected chi connectivity index (χ1v) is 9.77. The summed E-state index contributed by atoms with van der Waals surface area (Å²) in [5, 5.41) is 6.67. The van der Waals surface area contributed by atoms with Gasteiger partial charge in [0, 0.05) is 42.5 Å². The first-order chi connectivity index (χ1) is 14.0. The Balaban J connectivity index is 1.47. The molecule has 1 amide bonds. The lowest BCUT2D eigenvalue weighted by atomic mass is 9.95. The molecule has 1 aliphatic rings. The van der Waals surface area contributed by atoms with E-state index in [1.165, 1.54) is 0 Å². The lowest BCUT2D eigenvalue weighted by molar-refractivity contribution is -0.120. The molecule has 0 radical (unpaired) electrons. The molecule has 1 aliphatic heterocycles. The van der Waals surface area contributed by atoms with E-state index < -0.39 is 0 Å². The second-order valence-electron chi connectivity index (χ2n) is 7.37. The molecule has 8 nitrogen and oxygen atoms in total. The number of amides is 1. The van der Waals surface area contributed by atoms with Gasteiger partial charge in [-0.3, -0.25) is 9.78 Å². The third-order valence-electron chi connectivity index (χ3n) is 5.30. The summed E-state index contributed by atoms with van der Waals surface area (Å²) < 4.78 is 5.01. The summed E-state index contributed by atoms with van der Waals surface area (Å²) in [4.78, 5) is 28.6. The number of carbonyl (C=O) groups is 1. The van der Waals surface area contributed by atoms with E-state index in [2.05, 4.69) is 25.3 Å². The summed E-state index contributed by atoms with van der Waals surface area (Å²) in [6.07, 6.45) is 3.25. The van der Waals surface area contributed by atoms with Gasteiger partial charge >= 0.3 is 0 Å². The van der Waals surface area contributed by atoms with Gasteiger partial charge in [0.25, 0.3) is 0 Å². The molecule has 1 saturated heterocycles. The standard InChI is InChI=1S/C21H24N6O2/c1-13-12-18(26-29-13)24-21(28)16-7-10-27(11-8-16)20-14(2)15(3)23-19(25-20)17-6-4-5-9-22-17/h4-6,9,12,16H,7-8,10-11H2,1-3H3,(H,24,26,28). The van der Waals surface area contributed by atoms with E-state index in [1.807, 2.05) is 32.0 Å². The van der Waals surface area contributed by atoms with Crippen molar-refractivity contribution in [3.05, 3.63) is 47.5 Å². The predicted octanol–water partition coefficient (Wildman–Crippen LogP) is 3.31. The van der Waals surface area contributed by atoms with E-state index in [1.54, 1.807) is 19.2 Å². The fourth-order valence-corrected chi connectivity index (χ4v) is 3.54.